The molecule has 0 radical (unpaired) electrons. The Morgan fingerprint density at radius 3 is 2.02 bits per heavy atom. The lowest BCUT2D eigenvalue weighted by atomic mass is 9.71. The normalized spacial score (nSPS) is 19.7. The minimum Gasteiger partial charge on any atom is -0.347 e. The number of benzene rings is 2. The number of imide groups is 1. The van der Waals surface area contributed by atoms with E-state index in [1.165, 1.54) is 4.90 Å². The molecule has 9 heteroatoms. The molecule has 2 aromatic carbocycles. The fourth-order valence-electron chi connectivity index (χ4n) is 6.10. The van der Waals surface area contributed by atoms with Crippen molar-refractivity contribution in [1.82, 2.24) is 19.6 Å². The molecule has 2 aromatic rings. The first-order valence-corrected chi connectivity index (χ1v) is 14.9. The zero-order valence-corrected chi connectivity index (χ0v) is 25.5. The first-order chi connectivity index (χ1) is 20.2. The standard InChI is InChI=1S/C33H44N4O5/c1-6-33(7-2)31(41)37(32(33)42-23-27(38)35(5)22-21-34(3)4)29(39)26-19-14-20-36(26)30(40)28(24-15-10-8-11-16-24)25-17-12-9-13-18-25/h8-13,15-18,26,28,32H,6-7,14,19-23H2,1-5H3/t26-,32?/m0/s1. The molecular weight excluding hydrogens is 532 g/mol. The number of carbonyl (C=O) groups is 4. The van der Waals surface area contributed by atoms with Crippen LogP contribution >= 0.6 is 0 Å². The van der Waals surface area contributed by atoms with Crippen LogP contribution in [0.5, 0.6) is 0 Å². The minimum atomic E-state index is -0.873. The maximum atomic E-state index is 14.2. The highest BCUT2D eigenvalue weighted by atomic mass is 16.5. The Balaban J connectivity index is 1.55. The Hall–Kier alpha value is -3.56. The van der Waals surface area contributed by atoms with Crippen LogP contribution in [0.15, 0.2) is 60.7 Å². The molecule has 1 unspecified atom stereocenters. The Bertz CT molecular complexity index is 1210. The minimum absolute atomic E-state index is 0.163. The van der Waals surface area contributed by atoms with Crippen LogP contribution < -0.4 is 0 Å². The summed E-state index contributed by atoms with van der Waals surface area (Å²) in [5, 5.41) is 0. The van der Waals surface area contributed by atoms with Crippen LogP contribution in [-0.2, 0) is 23.9 Å². The van der Waals surface area contributed by atoms with E-state index >= 15 is 0 Å². The van der Waals surface area contributed by atoms with Gasteiger partial charge >= 0.3 is 0 Å². The molecule has 2 atom stereocenters. The van der Waals surface area contributed by atoms with E-state index in [1.54, 1.807) is 16.8 Å². The van der Waals surface area contributed by atoms with E-state index in [0.717, 1.165) is 11.1 Å². The summed E-state index contributed by atoms with van der Waals surface area (Å²) < 4.78 is 6.09. The van der Waals surface area contributed by atoms with Crippen molar-refractivity contribution < 1.29 is 23.9 Å². The second-order valence-electron chi connectivity index (χ2n) is 11.6. The molecule has 2 aliphatic heterocycles. The lowest BCUT2D eigenvalue weighted by molar-refractivity contribution is -0.225. The van der Waals surface area contributed by atoms with E-state index in [4.69, 9.17) is 4.74 Å². The van der Waals surface area contributed by atoms with Crippen molar-refractivity contribution in [2.45, 2.75) is 57.7 Å². The fourth-order valence-corrected chi connectivity index (χ4v) is 6.10. The Morgan fingerprint density at radius 1 is 0.929 bits per heavy atom. The van der Waals surface area contributed by atoms with Gasteiger partial charge in [-0.25, -0.2) is 0 Å². The number of carbonyl (C=O) groups excluding carboxylic acids is 4. The summed E-state index contributed by atoms with van der Waals surface area (Å²) in [7, 11) is 5.59. The van der Waals surface area contributed by atoms with Gasteiger partial charge in [-0.15, -0.1) is 0 Å². The number of likely N-dealkylation sites (tertiary alicyclic amines) is 2. The Morgan fingerprint density at radius 2 is 1.50 bits per heavy atom. The van der Waals surface area contributed by atoms with Gasteiger partial charge in [0.2, 0.25) is 17.7 Å². The third-order valence-electron chi connectivity index (χ3n) is 8.86. The van der Waals surface area contributed by atoms with Gasteiger partial charge in [-0.2, -0.15) is 0 Å². The zero-order valence-electron chi connectivity index (χ0n) is 25.5. The number of ether oxygens (including phenoxy) is 1. The fraction of sp³-hybridized carbons (Fsp3) is 0.515. The van der Waals surface area contributed by atoms with Gasteiger partial charge < -0.3 is 19.4 Å². The predicted octanol–water partition coefficient (Wildman–Crippen LogP) is 3.35. The number of hydrogen-bond acceptors (Lipinski definition) is 6. The molecule has 0 bridgehead atoms. The van der Waals surface area contributed by atoms with Crippen LogP contribution in [0.1, 0.15) is 56.6 Å². The molecular formula is C33H44N4O5. The lowest BCUT2D eigenvalue weighted by Gasteiger charge is -2.54. The van der Waals surface area contributed by atoms with Crippen molar-refractivity contribution in [2.75, 3.05) is 47.4 Å². The second-order valence-corrected chi connectivity index (χ2v) is 11.6. The van der Waals surface area contributed by atoms with Gasteiger partial charge in [0.05, 0.1) is 11.3 Å². The molecule has 0 aromatic heterocycles. The summed E-state index contributed by atoms with van der Waals surface area (Å²) >= 11 is 0. The highest BCUT2D eigenvalue weighted by molar-refractivity contribution is 6.07. The van der Waals surface area contributed by atoms with E-state index < -0.39 is 29.5 Å². The lowest BCUT2D eigenvalue weighted by Crippen LogP contribution is -2.73. The molecule has 42 heavy (non-hydrogen) atoms. The van der Waals surface area contributed by atoms with E-state index in [-0.39, 0.29) is 24.3 Å². The molecule has 0 N–H and O–H groups in total. The molecule has 0 aliphatic carbocycles. The van der Waals surface area contributed by atoms with Crippen LogP contribution in [0.2, 0.25) is 0 Å². The van der Waals surface area contributed by atoms with Crippen LogP contribution in [0.25, 0.3) is 0 Å². The zero-order chi connectivity index (χ0) is 30.4. The smallest absolute Gasteiger partial charge is 0.254 e. The van der Waals surface area contributed by atoms with Crippen molar-refractivity contribution >= 4 is 23.6 Å². The quantitative estimate of drug-likeness (QED) is 0.284. The van der Waals surface area contributed by atoms with Gasteiger partial charge in [0.15, 0.2) is 6.23 Å². The molecule has 9 nitrogen and oxygen atoms in total. The van der Waals surface area contributed by atoms with Crippen LogP contribution in [-0.4, -0.2) is 103 Å². The predicted molar refractivity (Wildman–Crippen MR) is 160 cm³/mol. The molecule has 2 aliphatic rings. The average molecular weight is 577 g/mol. The van der Waals surface area contributed by atoms with Crippen molar-refractivity contribution in [3.05, 3.63) is 71.8 Å². The second kappa shape index (κ2) is 13.6. The monoisotopic (exact) mass is 576 g/mol. The molecule has 0 spiro atoms. The average Bonchev–Trinajstić information content (AvgIpc) is 3.50. The summed E-state index contributed by atoms with van der Waals surface area (Å²) in [4.78, 5) is 61.1. The molecule has 2 saturated heterocycles. The summed E-state index contributed by atoms with van der Waals surface area (Å²) in [5.41, 5.74) is 0.823. The molecule has 2 fully saturated rings. The van der Waals surface area contributed by atoms with Gasteiger partial charge in [0.1, 0.15) is 12.6 Å². The van der Waals surface area contributed by atoms with Gasteiger partial charge in [-0.1, -0.05) is 74.5 Å². The van der Waals surface area contributed by atoms with Crippen LogP contribution in [0.3, 0.4) is 0 Å². The Kier molecular flexibility index (Phi) is 10.2. The number of nitrogens with zero attached hydrogens (tertiary/aromatic N) is 4. The van der Waals surface area contributed by atoms with Crippen LogP contribution in [0, 0.1) is 5.41 Å². The third-order valence-corrected chi connectivity index (χ3v) is 8.86. The first kappa shape index (κ1) is 31.4. The Labute approximate surface area is 249 Å². The SMILES string of the molecule is CCC1(CC)C(=O)N(C(=O)[C@@H]2CCCN2C(=O)C(c2ccccc2)c2ccccc2)C1OCC(=O)N(C)CCN(C)C. The highest BCUT2D eigenvalue weighted by Crippen LogP contribution is 2.47. The summed E-state index contributed by atoms with van der Waals surface area (Å²) in [6.45, 7) is 5.25. The number of amides is 4. The highest BCUT2D eigenvalue weighted by Gasteiger charge is 2.63. The van der Waals surface area contributed by atoms with E-state index in [9.17, 15) is 19.2 Å². The number of likely N-dealkylation sites (N-methyl/N-ethyl adjacent to an activating group) is 2. The van der Waals surface area contributed by atoms with Gasteiger partial charge in [-0.05, 0) is 50.9 Å². The van der Waals surface area contributed by atoms with Crippen molar-refractivity contribution in [3.63, 3.8) is 0 Å². The van der Waals surface area contributed by atoms with Gasteiger partial charge in [-0.3, -0.25) is 24.1 Å². The molecule has 4 rings (SSSR count). The molecule has 4 amide bonds. The van der Waals surface area contributed by atoms with Gasteiger partial charge in [0.25, 0.3) is 5.91 Å². The topological polar surface area (TPSA) is 90.5 Å². The van der Waals surface area contributed by atoms with Crippen molar-refractivity contribution in [1.29, 1.82) is 0 Å². The van der Waals surface area contributed by atoms with E-state index in [0.29, 0.717) is 45.3 Å². The number of β-lactam (4-membered cyclic amide) rings is 1. The maximum Gasteiger partial charge on any atom is 0.254 e. The summed E-state index contributed by atoms with van der Waals surface area (Å²) in [5.74, 6) is -1.67. The molecule has 2 heterocycles. The number of rotatable bonds is 12. The molecule has 0 saturated carbocycles. The number of hydrogen-bond donors (Lipinski definition) is 0. The third kappa shape index (κ3) is 6.13. The molecule has 226 valence electrons. The summed E-state index contributed by atoms with van der Waals surface area (Å²) in [6.07, 6.45) is 1.25. The summed E-state index contributed by atoms with van der Waals surface area (Å²) in [6, 6.07) is 18.4. The first-order valence-electron chi connectivity index (χ1n) is 14.9. The van der Waals surface area contributed by atoms with Crippen molar-refractivity contribution in [2.24, 2.45) is 5.41 Å². The maximum absolute atomic E-state index is 14.2. The van der Waals surface area contributed by atoms with Crippen molar-refractivity contribution in [3.8, 4) is 0 Å². The van der Waals surface area contributed by atoms with E-state index in [1.807, 2.05) is 93.5 Å². The van der Waals surface area contributed by atoms with E-state index in [2.05, 4.69) is 0 Å². The van der Waals surface area contributed by atoms with Gasteiger partial charge in [0, 0.05) is 26.7 Å². The largest absolute Gasteiger partial charge is 0.347 e. The van der Waals surface area contributed by atoms with Crippen LogP contribution in [0.4, 0.5) is 0 Å².